The van der Waals surface area contributed by atoms with E-state index in [1.54, 1.807) is 0 Å². The molecule has 2 heterocycles. The highest BCUT2D eigenvalue weighted by atomic mass is 16.6. The van der Waals surface area contributed by atoms with Crippen molar-refractivity contribution in [3.63, 3.8) is 0 Å². The highest BCUT2D eigenvalue weighted by Gasteiger charge is 2.44. The normalized spacial score (nSPS) is 31.0. The maximum absolute atomic E-state index is 12.0. The average Bonchev–Trinajstić information content (AvgIpc) is 2.84. The molecule has 3 aliphatic rings. The Morgan fingerprint density at radius 1 is 1.21 bits per heavy atom. The molecule has 1 unspecified atom stereocenters. The van der Waals surface area contributed by atoms with Crippen molar-refractivity contribution in [1.29, 1.82) is 0 Å². The van der Waals surface area contributed by atoms with Gasteiger partial charge >= 0.3 is 5.97 Å². The minimum absolute atomic E-state index is 0.300. The first kappa shape index (κ1) is 12.9. The summed E-state index contributed by atoms with van der Waals surface area (Å²) in [6.45, 7) is 2.71. The van der Waals surface area contributed by atoms with E-state index < -0.39 is 11.7 Å². The second kappa shape index (κ2) is 5.13. The summed E-state index contributed by atoms with van der Waals surface area (Å²) < 4.78 is 10.7. The quantitative estimate of drug-likeness (QED) is 0.751. The zero-order valence-corrected chi connectivity index (χ0v) is 11.1. The summed E-state index contributed by atoms with van der Waals surface area (Å²) in [6, 6.07) is 0. The maximum atomic E-state index is 12.0. The van der Waals surface area contributed by atoms with E-state index in [9.17, 15) is 9.90 Å². The van der Waals surface area contributed by atoms with Gasteiger partial charge in [0.25, 0.3) is 0 Å². The molecule has 19 heavy (non-hydrogen) atoms. The first-order valence-corrected chi connectivity index (χ1v) is 7.17. The van der Waals surface area contributed by atoms with Crippen LogP contribution in [0.5, 0.6) is 0 Å². The number of cyclic esters (lactones) is 1. The predicted molar refractivity (Wildman–Crippen MR) is 68.4 cm³/mol. The molecule has 5 nitrogen and oxygen atoms in total. The van der Waals surface area contributed by atoms with E-state index in [2.05, 4.69) is 0 Å². The van der Waals surface area contributed by atoms with Crippen LogP contribution < -0.4 is 0 Å². The van der Waals surface area contributed by atoms with Crippen LogP contribution in [0.2, 0.25) is 0 Å². The molecule has 0 bridgehead atoms. The fraction of sp³-hybridized carbons (Fsp3) is 0.786. The second-order valence-electron chi connectivity index (χ2n) is 5.64. The fourth-order valence-electron chi connectivity index (χ4n) is 3.17. The standard InChI is InChI=1S/C14H21NO4/c16-13-11(15-6-8-18-9-7-15)10-12(19-13)14(17)4-2-1-3-5-14/h10,12,17H,1-9H2. The number of morpholine rings is 1. The Bertz CT molecular complexity index is 381. The number of nitrogens with zero attached hydrogens (tertiary/aromatic N) is 1. The molecule has 106 valence electrons. The number of ether oxygens (including phenoxy) is 2. The van der Waals surface area contributed by atoms with Gasteiger partial charge in [0.05, 0.1) is 13.2 Å². The van der Waals surface area contributed by atoms with Crippen LogP contribution in [0.25, 0.3) is 0 Å². The molecule has 2 aliphatic heterocycles. The van der Waals surface area contributed by atoms with Gasteiger partial charge in [0.1, 0.15) is 11.3 Å². The van der Waals surface area contributed by atoms with Crippen molar-refractivity contribution in [1.82, 2.24) is 4.90 Å². The zero-order valence-electron chi connectivity index (χ0n) is 11.1. The van der Waals surface area contributed by atoms with Crippen LogP contribution in [0.4, 0.5) is 0 Å². The summed E-state index contributed by atoms with van der Waals surface area (Å²) in [4.78, 5) is 14.0. The highest BCUT2D eigenvalue weighted by Crippen LogP contribution is 2.36. The van der Waals surface area contributed by atoms with Crippen LogP contribution in [0, 0.1) is 0 Å². The lowest BCUT2D eigenvalue weighted by atomic mass is 9.81. The molecule has 0 aromatic rings. The van der Waals surface area contributed by atoms with Gasteiger partial charge in [-0.2, -0.15) is 0 Å². The van der Waals surface area contributed by atoms with Gasteiger partial charge in [-0.15, -0.1) is 0 Å². The summed E-state index contributed by atoms with van der Waals surface area (Å²) in [6.07, 6.45) is 5.95. The average molecular weight is 267 g/mol. The molecule has 0 amide bonds. The number of carbonyl (C=O) groups excluding carboxylic acids is 1. The molecular formula is C14H21NO4. The SMILES string of the molecule is O=C1OC(C2(O)CCCCC2)C=C1N1CCOCC1. The second-order valence-corrected chi connectivity index (χ2v) is 5.64. The van der Waals surface area contributed by atoms with Gasteiger partial charge in [-0.3, -0.25) is 0 Å². The molecule has 3 rings (SSSR count). The summed E-state index contributed by atoms with van der Waals surface area (Å²) in [5.41, 5.74) is -0.255. The topological polar surface area (TPSA) is 59.0 Å². The summed E-state index contributed by atoms with van der Waals surface area (Å²) in [5, 5.41) is 10.6. The molecule has 0 aromatic heterocycles. The van der Waals surface area contributed by atoms with Gasteiger partial charge < -0.3 is 19.5 Å². The third-order valence-electron chi connectivity index (χ3n) is 4.35. The van der Waals surface area contributed by atoms with Crippen molar-refractivity contribution < 1.29 is 19.4 Å². The third kappa shape index (κ3) is 2.49. The van der Waals surface area contributed by atoms with E-state index in [1.165, 1.54) is 0 Å². The Labute approximate surface area is 113 Å². The summed E-state index contributed by atoms with van der Waals surface area (Å²) in [7, 11) is 0. The van der Waals surface area contributed by atoms with Crippen LogP contribution in [0.15, 0.2) is 11.8 Å². The highest BCUT2D eigenvalue weighted by molar-refractivity contribution is 5.90. The van der Waals surface area contributed by atoms with Crippen molar-refractivity contribution in [2.24, 2.45) is 0 Å². The van der Waals surface area contributed by atoms with Crippen molar-refractivity contribution in [2.45, 2.75) is 43.8 Å². The minimum Gasteiger partial charge on any atom is -0.450 e. The molecule has 2 fully saturated rings. The lowest BCUT2D eigenvalue weighted by Gasteiger charge is -2.35. The molecule has 0 aromatic carbocycles. The first-order chi connectivity index (χ1) is 9.19. The van der Waals surface area contributed by atoms with Crippen molar-refractivity contribution in [2.75, 3.05) is 26.3 Å². The monoisotopic (exact) mass is 267 g/mol. The molecule has 1 atom stereocenters. The van der Waals surface area contributed by atoms with Crippen molar-refractivity contribution in [3.05, 3.63) is 11.8 Å². The predicted octanol–water partition coefficient (Wildman–Crippen LogP) is 0.823. The number of rotatable bonds is 2. The third-order valence-corrected chi connectivity index (χ3v) is 4.35. The van der Waals surface area contributed by atoms with Crippen LogP contribution in [0.3, 0.4) is 0 Å². The minimum atomic E-state index is -0.859. The Morgan fingerprint density at radius 2 is 1.89 bits per heavy atom. The lowest BCUT2D eigenvalue weighted by Crippen LogP contribution is -2.43. The van der Waals surface area contributed by atoms with Gasteiger partial charge in [-0.1, -0.05) is 19.3 Å². The van der Waals surface area contributed by atoms with Gasteiger partial charge in [-0.25, -0.2) is 4.79 Å². The van der Waals surface area contributed by atoms with E-state index in [0.717, 1.165) is 32.1 Å². The van der Waals surface area contributed by atoms with Gasteiger partial charge in [0, 0.05) is 13.1 Å². The molecular weight excluding hydrogens is 246 g/mol. The largest absolute Gasteiger partial charge is 0.450 e. The van der Waals surface area contributed by atoms with Crippen molar-refractivity contribution in [3.8, 4) is 0 Å². The lowest BCUT2D eigenvalue weighted by molar-refractivity contribution is -0.155. The number of hydrogen-bond acceptors (Lipinski definition) is 5. The number of hydrogen-bond donors (Lipinski definition) is 1. The Kier molecular flexibility index (Phi) is 3.50. The van der Waals surface area contributed by atoms with Crippen LogP contribution >= 0.6 is 0 Å². The molecule has 1 aliphatic carbocycles. The van der Waals surface area contributed by atoms with Gasteiger partial charge in [-0.05, 0) is 18.9 Å². The van der Waals surface area contributed by atoms with E-state index in [4.69, 9.17) is 9.47 Å². The summed E-state index contributed by atoms with van der Waals surface area (Å²) in [5.74, 6) is -0.300. The van der Waals surface area contributed by atoms with E-state index in [1.807, 2.05) is 11.0 Å². The smallest absolute Gasteiger partial charge is 0.355 e. The first-order valence-electron chi connectivity index (χ1n) is 7.17. The maximum Gasteiger partial charge on any atom is 0.355 e. The van der Waals surface area contributed by atoms with E-state index in [-0.39, 0.29) is 5.97 Å². The zero-order chi connectivity index (χ0) is 13.3. The van der Waals surface area contributed by atoms with E-state index >= 15 is 0 Å². The van der Waals surface area contributed by atoms with Crippen LogP contribution in [-0.4, -0.2) is 54.0 Å². The molecule has 0 spiro atoms. The Morgan fingerprint density at radius 3 is 2.58 bits per heavy atom. The van der Waals surface area contributed by atoms with Gasteiger partial charge in [0.15, 0.2) is 6.10 Å². The molecule has 0 radical (unpaired) electrons. The Balaban J connectivity index is 1.74. The number of esters is 1. The van der Waals surface area contributed by atoms with E-state index in [0.29, 0.717) is 32.0 Å². The van der Waals surface area contributed by atoms with Crippen molar-refractivity contribution >= 4 is 5.97 Å². The molecule has 1 N–H and O–H groups in total. The van der Waals surface area contributed by atoms with Gasteiger partial charge in [0.2, 0.25) is 0 Å². The van der Waals surface area contributed by atoms with Crippen LogP contribution in [0.1, 0.15) is 32.1 Å². The Hall–Kier alpha value is -1.07. The molecule has 1 saturated carbocycles. The number of aliphatic hydroxyl groups is 1. The molecule has 5 heteroatoms. The fourth-order valence-corrected chi connectivity index (χ4v) is 3.17. The van der Waals surface area contributed by atoms with Crippen LogP contribution in [-0.2, 0) is 14.3 Å². The molecule has 1 saturated heterocycles. The summed E-state index contributed by atoms with van der Waals surface area (Å²) >= 11 is 0. The number of carbonyl (C=O) groups is 1.